The summed E-state index contributed by atoms with van der Waals surface area (Å²) in [5.74, 6) is -2.51. The Morgan fingerprint density at radius 1 is 1.60 bits per heavy atom. The summed E-state index contributed by atoms with van der Waals surface area (Å²) in [6.45, 7) is 1.56. The van der Waals surface area contributed by atoms with E-state index in [9.17, 15) is 8.78 Å². The van der Waals surface area contributed by atoms with Crippen LogP contribution in [-0.2, 0) is 0 Å². The summed E-state index contributed by atoms with van der Waals surface area (Å²) in [6.07, 6.45) is -0.504. The molecule has 1 unspecified atom stereocenters. The predicted molar refractivity (Wildman–Crippen MR) is 33.1 cm³/mol. The van der Waals surface area contributed by atoms with E-state index in [1.54, 1.807) is 6.92 Å². The zero-order chi connectivity index (χ0) is 7.78. The third-order valence-corrected chi connectivity index (χ3v) is 1.43. The van der Waals surface area contributed by atoms with Gasteiger partial charge in [0, 0.05) is 6.54 Å². The van der Waals surface area contributed by atoms with E-state index in [1.165, 1.54) is 4.90 Å². The molecule has 10 heavy (non-hydrogen) atoms. The van der Waals surface area contributed by atoms with Gasteiger partial charge in [-0.05, 0) is 6.92 Å². The summed E-state index contributed by atoms with van der Waals surface area (Å²) in [4.78, 5) is 1.53. The van der Waals surface area contributed by atoms with Crippen molar-refractivity contribution < 1.29 is 13.9 Å². The molecule has 0 saturated carbocycles. The first-order valence-electron chi connectivity index (χ1n) is 3.28. The topological polar surface area (TPSA) is 23.5 Å². The molecule has 0 bridgehead atoms. The highest BCUT2D eigenvalue weighted by atomic mass is 19.3. The molecule has 0 radical (unpaired) electrons. The molecule has 0 aromatic heterocycles. The third kappa shape index (κ3) is 1.88. The normalized spacial score (nSPS) is 27.6. The minimum absolute atomic E-state index is 0.197. The zero-order valence-corrected chi connectivity index (χ0v) is 5.85. The van der Waals surface area contributed by atoms with Gasteiger partial charge in [-0.25, -0.2) is 8.78 Å². The summed E-state index contributed by atoms with van der Waals surface area (Å²) in [5.41, 5.74) is 0. The molecule has 1 N–H and O–H groups in total. The third-order valence-electron chi connectivity index (χ3n) is 1.43. The van der Waals surface area contributed by atoms with Gasteiger partial charge < -0.3 is 5.11 Å². The van der Waals surface area contributed by atoms with Gasteiger partial charge in [0.2, 0.25) is 0 Å². The lowest BCUT2D eigenvalue weighted by Crippen LogP contribution is -2.57. The van der Waals surface area contributed by atoms with E-state index in [-0.39, 0.29) is 13.1 Å². The molecule has 1 aliphatic heterocycles. The number of aliphatic hydroxyl groups is 1. The van der Waals surface area contributed by atoms with E-state index in [1.807, 2.05) is 0 Å². The number of rotatable bonds is 2. The Balaban J connectivity index is 2.15. The first-order valence-corrected chi connectivity index (χ1v) is 3.28. The fourth-order valence-corrected chi connectivity index (χ4v) is 1.11. The van der Waals surface area contributed by atoms with Crippen LogP contribution in [-0.4, -0.2) is 41.7 Å². The van der Waals surface area contributed by atoms with Crippen molar-refractivity contribution in [2.45, 2.75) is 19.0 Å². The molecule has 4 heteroatoms. The molecule has 1 heterocycles. The maximum atomic E-state index is 12.1. The molecule has 0 aliphatic carbocycles. The van der Waals surface area contributed by atoms with Crippen LogP contribution in [0.5, 0.6) is 0 Å². The molecule has 1 fully saturated rings. The van der Waals surface area contributed by atoms with Gasteiger partial charge in [0.25, 0.3) is 5.92 Å². The first-order chi connectivity index (χ1) is 4.49. The van der Waals surface area contributed by atoms with Gasteiger partial charge in [-0.15, -0.1) is 0 Å². The Hall–Kier alpha value is -0.220. The maximum absolute atomic E-state index is 12.1. The zero-order valence-electron chi connectivity index (χ0n) is 5.85. The van der Waals surface area contributed by atoms with Gasteiger partial charge in [-0.1, -0.05) is 0 Å². The average Bonchev–Trinajstić information content (AvgIpc) is 1.57. The van der Waals surface area contributed by atoms with Crippen LogP contribution in [0.2, 0.25) is 0 Å². The summed E-state index contributed by atoms with van der Waals surface area (Å²) >= 11 is 0. The molecule has 60 valence electrons. The Kier molecular flexibility index (Phi) is 1.92. The van der Waals surface area contributed by atoms with Crippen LogP contribution in [0.3, 0.4) is 0 Å². The molecular formula is C6H11F2NO. The molecule has 1 aliphatic rings. The van der Waals surface area contributed by atoms with Crippen LogP contribution in [0, 0.1) is 0 Å². The average molecular weight is 151 g/mol. The highest BCUT2D eigenvalue weighted by Gasteiger charge is 2.43. The minimum Gasteiger partial charge on any atom is -0.392 e. The van der Waals surface area contributed by atoms with E-state index in [0.29, 0.717) is 6.54 Å². The van der Waals surface area contributed by atoms with Crippen LogP contribution in [0.25, 0.3) is 0 Å². The smallest absolute Gasteiger partial charge is 0.272 e. The first kappa shape index (κ1) is 7.88. The number of hydrogen-bond acceptors (Lipinski definition) is 2. The summed E-state index contributed by atoms with van der Waals surface area (Å²) in [6, 6.07) is 0. The second kappa shape index (κ2) is 2.43. The van der Waals surface area contributed by atoms with Crippen LogP contribution < -0.4 is 0 Å². The van der Waals surface area contributed by atoms with Crippen molar-refractivity contribution in [1.82, 2.24) is 4.90 Å². The van der Waals surface area contributed by atoms with Crippen molar-refractivity contribution in [3.05, 3.63) is 0 Å². The van der Waals surface area contributed by atoms with Crippen LogP contribution in [0.1, 0.15) is 6.92 Å². The van der Waals surface area contributed by atoms with Crippen LogP contribution in [0.15, 0.2) is 0 Å². The molecule has 0 spiro atoms. The SMILES string of the molecule is CC(O)CN1CC(F)(F)C1. The van der Waals surface area contributed by atoms with Crippen molar-refractivity contribution in [3.63, 3.8) is 0 Å². The van der Waals surface area contributed by atoms with E-state index in [0.717, 1.165) is 0 Å². The quantitative estimate of drug-likeness (QED) is 0.614. The van der Waals surface area contributed by atoms with E-state index in [4.69, 9.17) is 5.11 Å². The molecule has 1 rings (SSSR count). The van der Waals surface area contributed by atoms with Gasteiger partial charge in [-0.3, -0.25) is 4.90 Å². The molecule has 0 aromatic rings. The number of hydrogen-bond donors (Lipinski definition) is 1. The molecule has 2 nitrogen and oxygen atoms in total. The van der Waals surface area contributed by atoms with Gasteiger partial charge >= 0.3 is 0 Å². The van der Waals surface area contributed by atoms with Crippen LogP contribution in [0.4, 0.5) is 8.78 Å². The standard InChI is InChI=1S/C6H11F2NO/c1-5(10)2-9-3-6(7,8)4-9/h5,10H,2-4H2,1H3. The Labute approximate surface area is 58.4 Å². The van der Waals surface area contributed by atoms with Gasteiger partial charge in [-0.2, -0.15) is 0 Å². The minimum atomic E-state index is -2.51. The lowest BCUT2D eigenvalue weighted by molar-refractivity contribution is -0.137. The largest absolute Gasteiger partial charge is 0.392 e. The highest BCUT2D eigenvalue weighted by Crippen LogP contribution is 2.26. The fourth-order valence-electron chi connectivity index (χ4n) is 1.11. The lowest BCUT2D eigenvalue weighted by Gasteiger charge is -2.39. The second-order valence-corrected chi connectivity index (χ2v) is 2.87. The van der Waals surface area contributed by atoms with Crippen LogP contribution >= 0.6 is 0 Å². The van der Waals surface area contributed by atoms with Crippen molar-refractivity contribution in [2.24, 2.45) is 0 Å². The maximum Gasteiger partial charge on any atom is 0.272 e. The van der Waals surface area contributed by atoms with Crippen molar-refractivity contribution in [1.29, 1.82) is 0 Å². The Morgan fingerprint density at radius 2 is 2.10 bits per heavy atom. The second-order valence-electron chi connectivity index (χ2n) is 2.87. The monoisotopic (exact) mass is 151 g/mol. The van der Waals surface area contributed by atoms with Gasteiger partial charge in [0.05, 0.1) is 19.2 Å². The van der Waals surface area contributed by atoms with Gasteiger partial charge in [0.1, 0.15) is 0 Å². The molecule has 0 amide bonds. The number of nitrogens with zero attached hydrogens (tertiary/aromatic N) is 1. The number of alkyl halides is 2. The van der Waals surface area contributed by atoms with Crippen molar-refractivity contribution >= 4 is 0 Å². The highest BCUT2D eigenvalue weighted by molar-refractivity contribution is 4.87. The molecule has 0 aromatic carbocycles. The number of β-amino-alcohol motifs (C(OH)–C–C–N with tert-alkyl or cyclic N) is 1. The summed E-state index contributed by atoms with van der Waals surface area (Å²) in [7, 11) is 0. The molecule has 1 saturated heterocycles. The van der Waals surface area contributed by atoms with Crippen molar-refractivity contribution in [3.8, 4) is 0 Å². The van der Waals surface area contributed by atoms with E-state index in [2.05, 4.69) is 0 Å². The number of halogens is 2. The van der Waals surface area contributed by atoms with Crippen molar-refractivity contribution in [2.75, 3.05) is 19.6 Å². The van der Waals surface area contributed by atoms with Gasteiger partial charge in [0.15, 0.2) is 0 Å². The predicted octanol–water partition coefficient (Wildman–Crippen LogP) is 0.318. The number of aliphatic hydroxyl groups excluding tert-OH is 1. The van der Waals surface area contributed by atoms with E-state index < -0.39 is 12.0 Å². The Morgan fingerprint density at radius 3 is 2.40 bits per heavy atom. The summed E-state index contributed by atoms with van der Waals surface area (Å²) < 4.78 is 24.2. The lowest BCUT2D eigenvalue weighted by atomic mass is 10.1. The molecule has 1 atom stereocenters. The summed E-state index contributed by atoms with van der Waals surface area (Å²) in [5, 5.41) is 8.77. The Bertz CT molecular complexity index is 116. The number of likely N-dealkylation sites (tertiary alicyclic amines) is 1. The molecular weight excluding hydrogens is 140 g/mol. The van der Waals surface area contributed by atoms with E-state index >= 15 is 0 Å². The fraction of sp³-hybridized carbons (Fsp3) is 1.00.